The van der Waals surface area contributed by atoms with Gasteiger partial charge in [-0.05, 0) is 81.8 Å². The van der Waals surface area contributed by atoms with E-state index >= 15 is 0 Å². The number of benzene rings is 2. The number of halogens is 1. The van der Waals surface area contributed by atoms with Crippen molar-refractivity contribution in [2.75, 3.05) is 44.7 Å². The van der Waals surface area contributed by atoms with Crippen LogP contribution in [0.2, 0.25) is 0 Å². The number of carbonyl (C=O) groups is 2. The predicted octanol–water partition coefficient (Wildman–Crippen LogP) is 5.70. The molecule has 0 radical (unpaired) electrons. The Morgan fingerprint density at radius 1 is 0.974 bits per heavy atom. The van der Waals surface area contributed by atoms with Crippen LogP contribution >= 0.6 is 0 Å². The summed E-state index contributed by atoms with van der Waals surface area (Å²) in [6, 6.07) is 15.0. The lowest BCUT2D eigenvalue weighted by Gasteiger charge is -2.40. The molecule has 2 aromatic rings. The fourth-order valence-electron chi connectivity index (χ4n) is 5.31. The number of urea groups is 1. The third-order valence-electron chi connectivity index (χ3n) is 7.46. The summed E-state index contributed by atoms with van der Waals surface area (Å²) in [5.74, 6) is 0.141. The summed E-state index contributed by atoms with van der Waals surface area (Å²) in [6.07, 6.45) is 1.51. The molecule has 0 bridgehead atoms. The van der Waals surface area contributed by atoms with E-state index in [9.17, 15) is 14.0 Å². The molecule has 0 N–H and O–H groups in total. The zero-order valence-electron chi connectivity index (χ0n) is 23.3. The summed E-state index contributed by atoms with van der Waals surface area (Å²) in [5.41, 5.74) is 2.68. The molecule has 2 saturated heterocycles. The number of piperidine rings is 1. The van der Waals surface area contributed by atoms with Gasteiger partial charge in [-0.25, -0.2) is 14.0 Å². The molecule has 3 amide bonds. The normalized spacial score (nSPS) is 19.4. The minimum absolute atomic E-state index is 0.00222. The molecule has 1 atom stereocenters. The van der Waals surface area contributed by atoms with Gasteiger partial charge in [0.25, 0.3) is 0 Å². The van der Waals surface area contributed by atoms with Crippen molar-refractivity contribution in [1.82, 2.24) is 14.7 Å². The first-order chi connectivity index (χ1) is 18.0. The second-order valence-electron chi connectivity index (χ2n) is 11.6. The standard InChI is InChI=1S/C30H41FN4O3/c1-22-20-33(18-19-35(22)29(37)38-30(2,3)4)21-23-6-12-27(13-7-23)32(5)28(36)34-16-14-25(15-17-34)24-8-10-26(31)11-9-24/h6-13,22,25H,14-21H2,1-5H3/t22-/m0/s1. The van der Waals surface area contributed by atoms with E-state index in [1.165, 1.54) is 17.7 Å². The lowest BCUT2D eigenvalue weighted by atomic mass is 9.89. The molecule has 38 heavy (non-hydrogen) atoms. The van der Waals surface area contributed by atoms with Crippen LogP contribution in [0.3, 0.4) is 0 Å². The Morgan fingerprint density at radius 3 is 2.18 bits per heavy atom. The highest BCUT2D eigenvalue weighted by atomic mass is 19.1. The summed E-state index contributed by atoms with van der Waals surface area (Å²) in [4.78, 5) is 33.4. The minimum Gasteiger partial charge on any atom is -0.444 e. The number of likely N-dealkylation sites (tertiary alicyclic amines) is 1. The SMILES string of the molecule is C[C@H]1CN(Cc2ccc(N(C)C(=O)N3CCC(c4ccc(F)cc4)CC3)cc2)CCN1C(=O)OC(C)(C)C. The van der Waals surface area contributed by atoms with Gasteiger partial charge in [-0.1, -0.05) is 24.3 Å². The smallest absolute Gasteiger partial charge is 0.410 e. The van der Waals surface area contributed by atoms with Crippen molar-refractivity contribution in [2.24, 2.45) is 0 Å². The van der Waals surface area contributed by atoms with Crippen LogP contribution in [0.25, 0.3) is 0 Å². The molecule has 2 aromatic carbocycles. The van der Waals surface area contributed by atoms with Gasteiger partial charge in [0.2, 0.25) is 0 Å². The van der Waals surface area contributed by atoms with E-state index in [0.29, 0.717) is 25.6 Å². The Morgan fingerprint density at radius 2 is 1.61 bits per heavy atom. The zero-order valence-corrected chi connectivity index (χ0v) is 23.3. The van der Waals surface area contributed by atoms with Gasteiger partial charge >= 0.3 is 12.1 Å². The average molecular weight is 525 g/mol. The first kappa shape index (κ1) is 27.9. The third kappa shape index (κ3) is 7.04. The van der Waals surface area contributed by atoms with Crippen LogP contribution < -0.4 is 4.90 Å². The Labute approximate surface area is 226 Å². The van der Waals surface area contributed by atoms with Gasteiger partial charge in [0.05, 0.1) is 0 Å². The van der Waals surface area contributed by atoms with Crippen LogP contribution in [-0.4, -0.2) is 78.2 Å². The van der Waals surface area contributed by atoms with Crippen LogP contribution in [0.1, 0.15) is 57.6 Å². The van der Waals surface area contributed by atoms with E-state index in [1.807, 2.05) is 61.9 Å². The molecule has 2 aliphatic rings. The number of hydrogen-bond acceptors (Lipinski definition) is 4. The highest BCUT2D eigenvalue weighted by Crippen LogP contribution is 2.29. The minimum atomic E-state index is -0.495. The quantitative estimate of drug-likeness (QED) is 0.515. The molecule has 206 valence electrons. The molecule has 2 heterocycles. The monoisotopic (exact) mass is 524 g/mol. The highest BCUT2D eigenvalue weighted by molar-refractivity contribution is 5.91. The first-order valence-corrected chi connectivity index (χ1v) is 13.6. The molecule has 0 saturated carbocycles. The van der Waals surface area contributed by atoms with E-state index in [0.717, 1.165) is 43.7 Å². The molecule has 0 aromatic heterocycles. The third-order valence-corrected chi connectivity index (χ3v) is 7.46. The van der Waals surface area contributed by atoms with Crippen LogP contribution in [0, 0.1) is 5.82 Å². The molecule has 2 aliphatic heterocycles. The van der Waals surface area contributed by atoms with Crippen LogP contribution in [0.15, 0.2) is 48.5 Å². The lowest BCUT2D eigenvalue weighted by Crippen LogP contribution is -2.54. The molecular weight excluding hydrogens is 483 g/mol. The Hall–Kier alpha value is -3.13. The van der Waals surface area contributed by atoms with E-state index in [1.54, 1.807) is 4.90 Å². The number of amides is 3. The van der Waals surface area contributed by atoms with Crippen molar-refractivity contribution in [3.63, 3.8) is 0 Å². The van der Waals surface area contributed by atoms with E-state index in [2.05, 4.69) is 24.0 Å². The van der Waals surface area contributed by atoms with Gasteiger partial charge in [0.1, 0.15) is 11.4 Å². The first-order valence-electron chi connectivity index (χ1n) is 13.6. The maximum atomic E-state index is 13.2. The number of ether oxygens (including phenoxy) is 1. The fourth-order valence-corrected chi connectivity index (χ4v) is 5.31. The largest absolute Gasteiger partial charge is 0.444 e. The molecule has 7 nitrogen and oxygen atoms in total. The van der Waals surface area contributed by atoms with Crippen molar-refractivity contribution in [3.05, 3.63) is 65.5 Å². The summed E-state index contributed by atoms with van der Waals surface area (Å²) in [6.45, 7) is 12.1. The molecule has 0 spiro atoms. The summed E-state index contributed by atoms with van der Waals surface area (Å²) < 4.78 is 18.8. The lowest BCUT2D eigenvalue weighted by molar-refractivity contribution is 0.000555. The number of carbonyl (C=O) groups excluding carboxylic acids is 2. The molecular formula is C30H41FN4O3. The molecule has 8 heteroatoms. The van der Waals surface area contributed by atoms with Gasteiger partial charge < -0.3 is 14.5 Å². The summed E-state index contributed by atoms with van der Waals surface area (Å²) in [7, 11) is 1.82. The van der Waals surface area contributed by atoms with Gasteiger partial charge in [-0.2, -0.15) is 0 Å². The summed E-state index contributed by atoms with van der Waals surface area (Å²) >= 11 is 0. The topological polar surface area (TPSA) is 56.3 Å². The van der Waals surface area contributed by atoms with E-state index in [4.69, 9.17) is 4.74 Å². The maximum absolute atomic E-state index is 13.2. The van der Waals surface area contributed by atoms with E-state index < -0.39 is 5.60 Å². The predicted molar refractivity (Wildman–Crippen MR) is 148 cm³/mol. The highest BCUT2D eigenvalue weighted by Gasteiger charge is 2.31. The van der Waals surface area contributed by atoms with Gasteiger partial charge in [-0.3, -0.25) is 9.80 Å². The van der Waals surface area contributed by atoms with Gasteiger partial charge in [0, 0.05) is 58.0 Å². The van der Waals surface area contributed by atoms with Crippen molar-refractivity contribution in [2.45, 2.75) is 64.6 Å². The molecule has 4 rings (SSSR count). The molecule has 2 fully saturated rings. The number of rotatable bonds is 4. The number of nitrogens with zero attached hydrogens (tertiary/aromatic N) is 4. The second-order valence-corrected chi connectivity index (χ2v) is 11.6. The van der Waals surface area contributed by atoms with Crippen molar-refractivity contribution in [1.29, 1.82) is 0 Å². The Bertz CT molecular complexity index is 1090. The molecule has 0 unspecified atom stereocenters. The Balaban J connectivity index is 1.26. The van der Waals surface area contributed by atoms with Crippen LogP contribution in [0.4, 0.5) is 19.7 Å². The van der Waals surface area contributed by atoms with E-state index in [-0.39, 0.29) is 24.0 Å². The fraction of sp³-hybridized carbons (Fsp3) is 0.533. The Kier molecular flexibility index (Phi) is 8.61. The van der Waals surface area contributed by atoms with Crippen molar-refractivity contribution < 1.29 is 18.7 Å². The van der Waals surface area contributed by atoms with Crippen LogP contribution in [-0.2, 0) is 11.3 Å². The molecule has 0 aliphatic carbocycles. The zero-order chi connectivity index (χ0) is 27.4. The van der Waals surface area contributed by atoms with Gasteiger partial charge in [-0.15, -0.1) is 0 Å². The number of anilines is 1. The number of piperazine rings is 1. The maximum Gasteiger partial charge on any atom is 0.410 e. The van der Waals surface area contributed by atoms with Crippen molar-refractivity contribution in [3.8, 4) is 0 Å². The van der Waals surface area contributed by atoms with Crippen LogP contribution in [0.5, 0.6) is 0 Å². The summed E-state index contributed by atoms with van der Waals surface area (Å²) in [5, 5.41) is 0. The van der Waals surface area contributed by atoms with Gasteiger partial charge in [0.15, 0.2) is 0 Å². The number of hydrogen-bond donors (Lipinski definition) is 0. The second kappa shape index (κ2) is 11.7. The average Bonchev–Trinajstić information content (AvgIpc) is 2.88. The van der Waals surface area contributed by atoms with Crippen molar-refractivity contribution >= 4 is 17.8 Å².